The Morgan fingerprint density at radius 3 is 2.75 bits per heavy atom. The van der Waals surface area contributed by atoms with Gasteiger partial charge in [0.1, 0.15) is 11.6 Å². The molecule has 5 heteroatoms. The molecule has 20 heavy (non-hydrogen) atoms. The highest BCUT2D eigenvalue weighted by molar-refractivity contribution is 6.16. The van der Waals surface area contributed by atoms with E-state index in [1.807, 2.05) is 12.1 Å². The molecule has 0 N–H and O–H groups in total. The zero-order chi connectivity index (χ0) is 13.9. The molecule has 1 aliphatic rings. The van der Waals surface area contributed by atoms with Crippen LogP contribution < -0.4 is 4.74 Å². The van der Waals surface area contributed by atoms with E-state index in [1.165, 1.54) is 25.9 Å². The molecule has 2 heterocycles. The summed E-state index contributed by atoms with van der Waals surface area (Å²) in [4.78, 5) is 7.12. The number of halogens is 1. The molecule has 0 aliphatic carbocycles. The lowest BCUT2D eigenvalue weighted by molar-refractivity contribution is 0.323. The molecule has 0 atom stereocenters. The highest BCUT2D eigenvalue weighted by atomic mass is 35.5. The van der Waals surface area contributed by atoms with Crippen molar-refractivity contribution in [3.05, 3.63) is 24.0 Å². The summed E-state index contributed by atoms with van der Waals surface area (Å²) < 4.78 is 7.49. The van der Waals surface area contributed by atoms with E-state index in [4.69, 9.17) is 16.3 Å². The number of benzene rings is 1. The van der Waals surface area contributed by atoms with Crippen molar-refractivity contribution in [3.8, 4) is 5.75 Å². The van der Waals surface area contributed by atoms with Crippen LogP contribution in [-0.4, -0.2) is 41.2 Å². The third-order valence-corrected chi connectivity index (χ3v) is 4.23. The predicted octanol–water partition coefficient (Wildman–Crippen LogP) is 2.88. The maximum Gasteiger partial charge on any atom is 0.124 e. The number of methoxy groups -OCH3 is 1. The Bertz CT molecular complexity index is 590. The lowest BCUT2D eigenvalue weighted by atomic mass is 10.3. The number of rotatable bonds is 5. The van der Waals surface area contributed by atoms with Crippen LogP contribution in [0.1, 0.15) is 18.7 Å². The Morgan fingerprint density at radius 2 is 2.05 bits per heavy atom. The third kappa shape index (κ3) is 2.63. The Kier molecular flexibility index (Phi) is 4.13. The average Bonchev–Trinajstić information content (AvgIpc) is 3.11. The number of alkyl halides is 1. The lowest BCUT2D eigenvalue weighted by Crippen LogP contribution is -2.24. The molecular formula is C15H20ClN3O. The van der Waals surface area contributed by atoms with E-state index in [9.17, 15) is 0 Å². The van der Waals surface area contributed by atoms with Crippen LogP contribution in [0, 0.1) is 0 Å². The number of nitrogens with zero attached hydrogens (tertiary/aromatic N) is 3. The van der Waals surface area contributed by atoms with Gasteiger partial charge in [-0.3, -0.25) is 0 Å². The van der Waals surface area contributed by atoms with E-state index >= 15 is 0 Å². The molecule has 108 valence electrons. The minimum absolute atomic E-state index is 0.441. The summed E-state index contributed by atoms with van der Waals surface area (Å²) in [7, 11) is 1.67. The maximum absolute atomic E-state index is 6.04. The third-order valence-electron chi connectivity index (χ3n) is 3.99. The van der Waals surface area contributed by atoms with Gasteiger partial charge in [0.2, 0.25) is 0 Å². The second-order valence-corrected chi connectivity index (χ2v) is 5.48. The highest BCUT2D eigenvalue weighted by Gasteiger charge is 2.14. The van der Waals surface area contributed by atoms with Gasteiger partial charge in [0.25, 0.3) is 0 Å². The monoisotopic (exact) mass is 293 g/mol. The van der Waals surface area contributed by atoms with Crippen molar-refractivity contribution in [2.45, 2.75) is 25.3 Å². The SMILES string of the molecule is COc1ccc2c(c1)nc(CCl)n2CCN1CCCC1. The normalized spacial score (nSPS) is 16.1. The first-order valence-electron chi connectivity index (χ1n) is 7.13. The minimum atomic E-state index is 0.441. The molecule has 0 bridgehead atoms. The van der Waals surface area contributed by atoms with Crippen LogP contribution in [0.5, 0.6) is 5.75 Å². The molecule has 1 saturated heterocycles. The molecule has 0 spiro atoms. The number of fused-ring (bicyclic) bond motifs is 1. The molecule has 1 aliphatic heterocycles. The fourth-order valence-corrected chi connectivity index (χ4v) is 3.09. The summed E-state index contributed by atoms with van der Waals surface area (Å²) in [6.07, 6.45) is 2.65. The van der Waals surface area contributed by atoms with Gasteiger partial charge in [0, 0.05) is 19.2 Å². The Hall–Kier alpha value is -1.26. The summed E-state index contributed by atoms with van der Waals surface area (Å²) in [5.74, 6) is 2.22. The van der Waals surface area contributed by atoms with Crippen molar-refractivity contribution < 1.29 is 4.74 Å². The van der Waals surface area contributed by atoms with Gasteiger partial charge in [-0.2, -0.15) is 0 Å². The van der Waals surface area contributed by atoms with Crippen molar-refractivity contribution >= 4 is 22.6 Å². The van der Waals surface area contributed by atoms with Gasteiger partial charge in [-0.05, 0) is 38.1 Å². The second-order valence-electron chi connectivity index (χ2n) is 5.22. The molecule has 0 amide bonds. The first-order valence-corrected chi connectivity index (χ1v) is 7.67. The molecule has 2 aromatic rings. The van der Waals surface area contributed by atoms with Crippen LogP contribution in [0.25, 0.3) is 11.0 Å². The van der Waals surface area contributed by atoms with E-state index in [1.54, 1.807) is 7.11 Å². The highest BCUT2D eigenvalue weighted by Crippen LogP contribution is 2.23. The van der Waals surface area contributed by atoms with Gasteiger partial charge in [-0.15, -0.1) is 11.6 Å². The summed E-state index contributed by atoms with van der Waals surface area (Å²) in [6.45, 7) is 4.46. The van der Waals surface area contributed by atoms with Crippen LogP contribution in [0.3, 0.4) is 0 Å². The topological polar surface area (TPSA) is 30.3 Å². The Labute approximate surface area is 124 Å². The molecule has 0 radical (unpaired) electrons. The van der Waals surface area contributed by atoms with Crippen molar-refractivity contribution in [2.75, 3.05) is 26.7 Å². The number of imidazole rings is 1. The van der Waals surface area contributed by atoms with Crippen LogP contribution >= 0.6 is 11.6 Å². The minimum Gasteiger partial charge on any atom is -0.497 e. The molecule has 3 rings (SSSR count). The number of ether oxygens (including phenoxy) is 1. The molecule has 1 fully saturated rings. The van der Waals surface area contributed by atoms with Crippen molar-refractivity contribution in [1.82, 2.24) is 14.5 Å². The molecule has 1 aromatic heterocycles. The van der Waals surface area contributed by atoms with Crippen LogP contribution in [-0.2, 0) is 12.4 Å². The van der Waals surface area contributed by atoms with Gasteiger partial charge in [0.15, 0.2) is 0 Å². The van der Waals surface area contributed by atoms with E-state index in [-0.39, 0.29) is 0 Å². The van der Waals surface area contributed by atoms with E-state index < -0.39 is 0 Å². The largest absolute Gasteiger partial charge is 0.497 e. The van der Waals surface area contributed by atoms with Crippen molar-refractivity contribution in [3.63, 3.8) is 0 Å². The number of hydrogen-bond donors (Lipinski definition) is 0. The zero-order valence-electron chi connectivity index (χ0n) is 11.8. The summed E-state index contributed by atoms with van der Waals surface area (Å²) >= 11 is 6.04. The lowest BCUT2D eigenvalue weighted by Gasteiger charge is -2.16. The van der Waals surface area contributed by atoms with Crippen molar-refractivity contribution in [2.24, 2.45) is 0 Å². The van der Waals surface area contributed by atoms with Gasteiger partial charge in [-0.1, -0.05) is 0 Å². The number of likely N-dealkylation sites (tertiary alicyclic amines) is 1. The van der Waals surface area contributed by atoms with Crippen LogP contribution in [0.2, 0.25) is 0 Å². The summed E-state index contributed by atoms with van der Waals surface area (Å²) in [5.41, 5.74) is 2.10. The molecule has 0 unspecified atom stereocenters. The van der Waals surface area contributed by atoms with Crippen molar-refractivity contribution in [1.29, 1.82) is 0 Å². The molecule has 0 saturated carbocycles. The fourth-order valence-electron chi connectivity index (χ4n) is 2.89. The second kappa shape index (κ2) is 6.02. The Morgan fingerprint density at radius 1 is 1.25 bits per heavy atom. The van der Waals surface area contributed by atoms with Crippen LogP contribution in [0.4, 0.5) is 0 Å². The predicted molar refractivity (Wildman–Crippen MR) is 81.5 cm³/mol. The summed E-state index contributed by atoms with van der Waals surface area (Å²) in [6, 6.07) is 6.02. The number of hydrogen-bond acceptors (Lipinski definition) is 3. The van der Waals surface area contributed by atoms with E-state index in [2.05, 4.69) is 20.5 Å². The van der Waals surface area contributed by atoms with Gasteiger partial charge in [0.05, 0.1) is 24.0 Å². The fraction of sp³-hybridized carbons (Fsp3) is 0.533. The summed E-state index contributed by atoms with van der Waals surface area (Å²) in [5, 5.41) is 0. The molecule has 1 aromatic carbocycles. The quantitative estimate of drug-likeness (QED) is 0.794. The molecular weight excluding hydrogens is 274 g/mol. The molecule has 4 nitrogen and oxygen atoms in total. The zero-order valence-corrected chi connectivity index (χ0v) is 12.6. The van der Waals surface area contributed by atoms with Gasteiger partial charge >= 0.3 is 0 Å². The first kappa shape index (κ1) is 13.7. The van der Waals surface area contributed by atoms with Crippen LogP contribution in [0.15, 0.2) is 18.2 Å². The van der Waals surface area contributed by atoms with E-state index in [0.29, 0.717) is 5.88 Å². The average molecular weight is 294 g/mol. The van der Waals surface area contributed by atoms with E-state index in [0.717, 1.165) is 35.7 Å². The maximum atomic E-state index is 6.04. The smallest absolute Gasteiger partial charge is 0.124 e. The Balaban J connectivity index is 1.87. The number of aromatic nitrogens is 2. The van der Waals surface area contributed by atoms with Gasteiger partial charge < -0.3 is 14.2 Å². The van der Waals surface area contributed by atoms with Gasteiger partial charge in [-0.25, -0.2) is 4.98 Å². The first-order chi connectivity index (χ1) is 9.81. The standard InChI is InChI=1S/C15H20ClN3O/c1-20-12-4-5-14-13(10-12)17-15(11-16)19(14)9-8-18-6-2-3-7-18/h4-5,10H,2-3,6-9,11H2,1H3.